The van der Waals surface area contributed by atoms with Crippen LogP contribution < -0.4 is 5.32 Å². The van der Waals surface area contributed by atoms with Crippen LogP contribution in [0.15, 0.2) is 12.4 Å². The molecule has 22 heavy (non-hydrogen) atoms. The first-order valence-electron chi connectivity index (χ1n) is 8.08. The average molecular weight is 306 g/mol. The molecule has 122 valence electrons. The lowest BCUT2D eigenvalue weighted by Crippen LogP contribution is -2.47. The first-order valence-corrected chi connectivity index (χ1v) is 8.08. The van der Waals surface area contributed by atoms with E-state index >= 15 is 0 Å². The molecule has 1 N–H and O–H groups in total. The quantitative estimate of drug-likeness (QED) is 0.874. The second-order valence-electron chi connectivity index (χ2n) is 6.19. The lowest BCUT2D eigenvalue weighted by molar-refractivity contribution is -0.137. The molecular formula is C16H26N4O2. The third-order valence-corrected chi connectivity index (χ3v) is 4.18. The maximum absolute atomic E-state index is 12.5. The van der Waals surface area contributed by atoms with Gasteiger partial charge in [-0.25, -0.2) is 0 Å². The normalized spacial score (nSPS) is 17.9. The molecule has 0 saturated carbocycles. The Kier molecular flexibility index (Phi) is 5.21. The van der Waals surface area contributed by atoms with Gasteiger partial charge in [-0.3, -0.25) is 14.3 Å². The molecule has 0 aromatic carbocycles. The van der Waals surface area contributed by atoms with Crippen LogP contribution in [-0.4, -0.2) is 39.1 Å². The smallest absolute Gasteiger partial charge is 0.243 e. The van der Waals surface area contributed by atoms with Gasteiger partial charge in [0.2, 0.25) is 11.8 Å². The van der Waals surface area contributed by atoms with Gasteiger partial charge in [-0.15, -0.1) is 0 Å². The van der Waals surface area contributed by atoms with Crippen LogP contribution in [0.2, 0.25) is 0 Å². The fraction of sp³-hybridized carbons (Fsp3) is 0.688. The van der Waals surface area contributed by atoms with Crippen LogP contribution in [-0.2, 0) is 9.59 Å². The maximum atomic E-state index is 12.5. The van der Waals surface area contributed by atoms with E-state index in [1.165, 1.54) is 0 Å². The summed E-state index contributed by atoms with van der Waals surface area (Å²) in [5.41, 5.74) is 0.977. The monoisotopic (exact) mass is 306 g/mol. The molecule has 0 spiro atoms. The molecule has 1 aliphatic rings. The zero-order valence-electron chi connectivity index (χ0n) is 13.9. The van der Waals surface area contributed by atoms with Gasteiger partial charge in [0.25, 0.3) is 0 Å². The summed E-state index contributed by atoms with van der Waals surface area (Å²) in [5, 5.41) is 7.31. The first-order chi connectivity index (χ1) is 10.4. The van der Waals surface area contributed by atoms with Crippen molar-refractivity contribution in [3.63, 3.8) is 0 Å². The van der Waals surface area contributed by atoms with Gasteiger partial charge in [-0.1, -0.05) is 6.92 Å². The first kappa shape index (κ1) is 16.5. The topological polar surface area (TPSA) is 67.2 Å². The third-order valence-electron chi connectivity index (χ3n) is 4.18. The minimum atomic E-state index is -0.363. The largest absolute Gasteiger partial charge is 0.348 e. The van der Waals surface area contributed by atoms with Gasteiger partial charge in [-0.2, -0.15) is 5.10 Å². The summed E-state index contributed by atoms with van der Waals surface area (Å²) in [7, 11) is 0. The van der Waals surface area contributed by atoms with Crippen LogP contribution in [0.3, 0.4) is 0 Å². The van der Waals surface area contributed by atoms with Crippen LogP contribution in [0.1, 0.15) is 64.6 Å². The van der Waals surface area contributed by atoms with Gasteiger partial charge in [0.05, 0.1) is 12.2 Å². The summed E-state index contributed by atoms with van der Waals surface area (Å²) in [6.45, 7) is 8.69. The van der Waals surface area contributed by atoms with Crippen molar-refractivity contribution in [3.8, 4) is 0 Å². The van der Waals surface area contributed by atoms with Crippen molar-refractivity contribution in [1.82, 2.24) is 20.0 Å². The van der Waals surface area contributed by atoms with Crippen molar-refractivity contribution in [1.29, 1.82) is 0 Å². The second-order valence-corrected chi connectivity index (χ2v) is 6.19. The van der Waals surface area contributed by atoms with Crippen LogP contribution in [0.4, 0.5) is 0 Å². The number of hydrogen-bond acceptors (Lipinski definition) is 3. The van der Waals surface area contributed by atoms with E-state index in [1.807, 2.05) is 24.7 Å². The Labute approximate surface area is 131 Å². The van der Waals surface area contributed by atoms with E-state index in [-0.39, 0.29) is 23.9 Å². The van der Waals surface area contributed by atoms with E-state index < -0.39 is 0 Å². The number of aromatic nitrogens is 2. The number of nitrogens with zero attached hydrogens (tertiary/aromatic N) is 3. The van der Waals surface area contributed by atoms with Crippen molar-refractivity contribution in [2.24, 2.45) is 0 Å². The van der Waals surface area contributed by atoms with E-state index in [0.717, 1.165) is 12.0 Å². The predicted octanol–water partition coefficient (Wildman–Crippen LogP) is 2.04. The fourth-order valence-corrected chi connectivity index (χ4v) is 2.80. The number of carbonyl (C=O) groups is 2. The van der Waals surface area contributed by atoms with Gasteiger partial charge in [0.1, 0.15) is 6.04 Å². The van der Waals surface area contributed by atoms with Crippen LogP contribution >= 0.6 is 0 Å². The Balaban J connectivity index is 2.01. The van der Waals surface area contributed by atoms with Crippen molar-refractivity contribution in [3.05, 3.63) is 18.0 Å². The summed E-state index contributed by atoms with van der Waals surface area (Å²) in [5.74, 6) is 0.00447. The molecular weight excluding hydrogens is 280 g/mol. The summed E-state index contributed by atoms with van der Waals surface area (Å²) >= 11 is 0. The molecule has 1 aromatic heterocycles. The molecule has 2 atom stereocenters. The highest BCUT2D eigenvalue weighted by molar-refractivity contribution is 5.88. The van der Waals surface area contributed by atoms with Crippen molar-refractivity contribution in [2.45, 2.75) is 65.1 Å². The molecule has 2 heterocycles. The van der Waals surface area contributed by atoms with Gasteiger partial charge in [0, 0.05) is 30.8 Å². The Morgan fingerprint density at radius 3 is 2.64 bits per heavy atom. The third kappa shape index (κ3) is 3.48. The number of nitrogens with one attached hydrogen (secondary N) is 1. The van der Waals surface area contributed by atoms with Gasteiger partial charge < -0.3 is 10.2 Å². The lowest BCUT2D eigenvalue weighted by Gasteiger charge is -2.27. The Morgan fingerprint density at radius 2 is 2.14 bits per heavy atom. The average Bonchev–Trinajstić information content (AvgIpc) is 3.09. The summed E-state index contributed by atoms with van der Waals surface area (Å²) < 4.78 is 1.87. The van der Waals surface area contributed by atoms with E-state index in [2.05, 4.69) is 24.3 Å². The van der Waals surface area contributed by atoms with Crippen LogP contribution in [0.25, 0.3) is 0 Å². The van der Waals surface area contributed by atoms with Crippen molar-refractivity contribution >= 4 is 11.8 Å². The predicted molar refractivity (Wildman–Crippen MR) is 84.2 cm³/mol. The fourth-order valence-electron chi connectivity index (χ4n) is 2.80. The molecule has 2 amide bonds. The number of carbonyl (C=O) groups excluding carboxylic acids is 2. The number of rotatable bonds is 6. The maximum Gasteiger partial charge on any atom is 0.243 e. The molecule has 1 fully saturated rings. The van der Waals surface area contributed by atoms with Crippen LogP contribution in [0.5, 0.6) is 0 Å². The molecule has 1 aliphatic heterocycles. The number of hydrogen-bond donors (Lipinski definition) is 1. The molecule has 2 rings (SSSR count). The Morgan fingerprint density at radius 1 is 1.41 bits per heavy atom. The number of likely N-dealkylation sites (tertiary alicyclic amines) is 1. The van der Waals surface area contributed by atoms with E-state index in [9.17, 15) is 9.59 Å². The zero-order valence-corrected chi connectivity index (χ0v) is 13.9. The molecule has 6 heteroatoms. The minimum absolute atomic E-state index is 0.0810. The van der Waals surface area contributed by atoms with Crippen molar-refractivity contribution < 1.29 is 9.59 Å². The Hall–Kier alpha value is -1.85. The highest BCUT2D eigenvalue weighted by Gasteiger charge is 2.32. The SMILES string of the molecule is CC[C@H](C(=O)N[C@@H](C)c1cnn(C(C)C)c1)N1CCCC1=O. The summed E-state index contributed by atoms with van der Waals surface area (Å²) in [4.78, 5) is 26.1. The Bertz CT molecular complexity index is 538. The minimum Gasteiger partial charge on any atom is -0.348 e. The summed E-state index contributed by atoms with van der Waals surface area (Å²) in [6, 6.07) is -0.188. The summed E-state index contributed by atoms with van der Waals surface area (Å²) in [6.07, 6.45) is 5.78. The lowest BCUT2D eigenvalue weighted by atomic mass is 10.1. The second kappa shape index (κ2) is 6.94. The van der Waals surface area contributed by atoms with Gasteiger partial charge in [0.15, 0.2) is 0 Å². The van der Waals surface area contributed by atoms with Gasteiger partial charge >= 0.3 is 0 Å². The molecule has 0 radical (unpaired) electrons. The molecule has 1 aromatic rings. The molecule has 0 aliphatic carbocycles. The molecule has 1 saturated heterocycles. The van der Waals surface area contributed by atoms with Crippen LogP contribution in [0, 0.1) is 0 Å². The highest BCUT2D eigenvalue weighted by Crippen LogP contribution is 2.18. The highest BCUT2D eigenvalue weighted by atomic mass is 16.2. The van der Waals surface area contributed by atoms with Crippen molar-refractivity contribution in [2.75, 3.05) is 6.54 Å². The van der Waals surface area contributed by atoms with E-state index in [4.69, 9.17) is 0 Å². The molecule has 6 nitrogen and oxygen atoms in total. The van der Waals surface area contributed by atoms with E-state index in [1.54, 1.807) is 11.1 Å². The standard InChI is InChI=1S/C16H26N4O2/c1-5-14(19-8-6-7-15(19)21)16(22)18-12(4)13-9-17-20(10-13)11(2)3/h9-12,14H,5-8H2,1-4H3,(H,18,22)/t12-,14+/m0/s1. The van der Waals surface area contributed by atoms with E-state index in [0.29, 0.717) is 25.4 Å². The molecule has 0 bridgehead atoms. The zero-order chi connectivity index (χ0) is 16.3. The number of amides is 2. The van der Waals surface area contributed by atoms with Gasteiger partial charge in [-0.05, 0) is 33.6 Å². The molecule has 0 unspecified atom stereocenters.